The molecule has 0 radical (unpaired) electrons. The molecule has 2 aromatic carbocycles. The van der Waals surface area contributed by atoms with Crippen molar-refractivity contribution in [3.63, 3.8) is 0 Å². The van der Waals surface area contributed by atoms with E-state index in [0.717, 1.165) is 18.8 Å². The summed E-state index contributed by atoms with van der Waals surface area (Å²) in [6.45, 7) is 3.16. The fourth-order valence-corrected chi connectivity index (χ4v) is 3.32. The first kappa shape index (κ1) is 19.3. The average Bonchev–Trinajstić information content (AvgIpc) is 2.65. The topological polar surface area (TPSA) is 78.7 Å². The number of primary amides is 1. The molecule has 0 unspecified atom stereocenters. The van der Waals surface area contributed by atoms with Crippen LogP contribution < -0.4 is 16.0 Å². The van der Waals surface area contributed by atoms with Crippen molar-refractivity contribution in [1.82, 2.24) is 4.90 Å². The summed E-state index contributed by atoms with van der Waals surface area (Å²) in [7, 11) is 0. The Hall–Kier alpha value is -2.45. The number of piperazine rings is 1. The summed E-state index contributed by atoms with van der Waals surface area (Å²) >= 11 is 3.19. The lowest BCUT2D eigenvalue weighted by molar-refractivity contribution is -0.117. The summed E-state index contributed by atoms with van der Waals surface area (Å²) in [5.41, 5.74) is 6.93. The van der Waals surface area contributed by atoms with E-state index >= 15 is 0 Å². The zero-order valence-electron chi connectivity index (χ0n) is 14.6. The molecule has 1 aliphatic heterocycles. The molecule has 1 fully saturated rings. The second kappa shape index (κ2) is 8.49. The molecule has 1 saturated heterocycles. The minimum atomic E-state index is -0.470. The maximum Gasteiger partial charge on any atom is 0.248 e. The van der Waals surface area contributed by atoms with Gasteiger partial charge in [0.2, 0.25) is 11.8 Å². The Bertz CT molecular complexity index is 836. The number of nitrogens with two attached hydrogens (primary N) is 1. The van der Waals surface area contributed by atoms with Crippen LogP contribution in [0.25, 0.3) is 0 Å². The van der Waals surface area contributed by atoms with E-state index in [1.165, 1.54) is 12.1 Å². The number of halogens is 2. The first-order valence-electron chi connectivity index (χ1n) is 8.54. The number of hydrogen-bond donors (Lipinski definition) is 2. The van der Waals surface area contributed by atoms with Gasteiger partial charge in [0.1, 0.15) is 5.82 Å². The van der Waals surface area contributed by atoms with Gasteiger partial charge in [-0.25, -0.2) is 4.39 Å². The van der Waals surface area contributed by atoms with Gasteiger partial charge in [-0.15, -0.1) is 0 Å². The van der Waals surface area contributed by atoms with E-state index in [4.69, 9.17) is 5.73 Å². The van der Waals surface area contributed by atoms with Crippen LogP contribution >= 0.6 is 15.9 Å². The minimum absolute atomic E-state index is 0.177. The number of nitrogens with zero attached hydrogens (tertiary/aromatic N) is 2. The Balaban J connectivity index is 1.50. The van der Waals surface area contributed by atoms with E-state index in [-0.39, 0.29) is 18.1 Å². The smallest absolute Gasteiger partial charge is 0.248 e. The Labute approximate surface area is 165 Å². The molecule has 3 N–H and O–H groups in total. The van der Waals surface area contributed by atoms with Gasteiger partial charge in [0.05, 0.1) is 12.2 Å². The second-order valence-corrected chi connectivity index (χ2v) is 7.26. The lowest BCUT2D eigenvalue weighted by Crippen LogP contribution is -2.48. The van der Waals surface area contributed by atoms with E-state index in [1.54, 1.807) is 18.2 Å². The molecule has 2 aromatic rings. The maximum atomic E-state index is 13.8. The molecule has 0 spiro atoms. The summed E-state index contributed by atoms with van der Waals surface area (Å²) < 4.78 is 14.4. The number of amides is 2. The monoisotopic (exact) mass is 434 g/mol. The predicted octanol–water partition coefficient (Wildman–Crippen LogP) is 2.45. The first-order chi connectivity index (χ1) is 12.9. The van der Waals surface area contributed by atoms with Crippen LogP contribution in [0.5, 0.6) is 0 Å². The summed E-state index contributed by atoms with van der Waals surface area (Å²) in [6.07, 6.45) is 0. The average molecular weight is 435 g/mol. The number of hydrogen-bond acceptors (Lipinski definition) is 4. The van der Waals surface area contributed by atoms with Gasteiger partial charge in [0.25, 0.3) is 0 Å². The molecule has 3 rings (SSSR count). The van der Waals surface area contributed by atoms with E-state index in [9.17, 15) is 14.0 Å². The molecule has 0 bridgehead atoms. The second-order valence-electron chi connectivity index (χ2n) is 6.35. The number of benzene rings is 2. The van der Waals surface area contributed by atoms with Crippen molar-refractivity contribution < 1.29 is 14.0 Å². The van der Waals surface area contributed by atoms with E-state index in [0.29, 0.717) is 23.1 Å². The SMILES string of the molecule is NC(=O)c1ccc(N2CCN(CC(=O)Nc3ccc(Br)cc3F)CC2)cc1. The number of rotatable bonds is 5. The third-order valence-electron chi connectivity index (χ3n) is 4.46. The summed E-state index contributed by atoms with van der Waals surface area (Å²) in [5.74, 6) is -1.16. The quantitative estimate of drug-likeness (QED) is 0.757. The van der Waals surface area contributed by atoms with Crippen molar-refractivity contribution in [1.29, 1.82) is 0 Å². The normalized spacial score (nSPS) is 14.8. The van der Waals surface area contributed by atoms with Crippen molar-refractivity contribution in [3.8, 4) is 0 Å². The Morgan fingerprint density at radius 3 is 2.33 bits per heavy atom. The first-order valence-corrected chi connectivity index (χ1v) is 9.34. The molecular formula is C19H20BrFN4O2. The van der Waals surface area contributed by atoms with Crippen molar-refractivity contribution in [2.45, 2.75) is 0 Å². The number of nitrogens with one attached hydrogen (secondary N) is 1. The molecule has 2 amide bonds. The summed E-state index contributed by atoms with van der Waals surface area (Å²) in [5, 5.41) is 2.61. The van der Waals surface area contributed by atoms with Crippen molar-refractivity contribution >= 4 is 39.1 Å². The van der Waals surface area contributed by atoms with Crippen molar-refractivity contribution in [2.75, 3.05) is 42.9 Å². The molecule has 0 aliphatic carbocycles. The van der Waals surface area contributed by atoms with Crippen LogP contribution in [0.3, 0.4) is 0 Å². The van der Waals surface area contributed by atoms with Gasteiger partial charge in [-0.3, -0.25) is 14.5 Å². The molecule has 0 aromatic heterocycles. The minimum Gasteiger partial charge on any atom is -0.369 e. The van der Waals surface area contributed by atoms with Gasteiger partial charge in [-0.2, -0.15) is 0 Å². The third-order valence-corrected chi connectivity index (χ3v) is 4.95. The zero-order valence-corrected chi connectivity index (χ0v) is 16.2. The number of anilines is 2. The summed E-state index contributed by atoms with van der Waals surface area (Å²) in [6, 6.07) is 11.7. The molecule has 1 heterocycles. The predicted molar refractivity (Wildman–Crippen MR) is 106 cm³/mol. The fraction of sp³-hybridized carbons (Fsp3) is 0.263. The van der Waals surface area contributed by atoms with Crippen LogP contribution in [0.4, 0.5) is 15.8 Å². The molecule has 1 aliphatic rings. The highest BCUT2D eigenvalue weighted by atomic mass is 79.9. The van der Waals surface area contributed by atoms with Gasteiger partial charge in [0, 0.05) is 41.9 Å². The van der Waals surface area contributed by atoms with Gasteiger partial charge < -0.3 is 16.0 Å². The number of carbonyl (C=O) groups excluding carboxylic acids is 2. The summed E-state index contributed by atoms with van der Waals surface area (Å²) in [4.78, 5) is 27.5. The Kier molecular flexibility index (Phi) is 6.08. The van der Waals surface area contributed by atoms with Crippen LogP contribution in [-0.2, 0) is 4.79 Å². The molecule has 8 heteroatoms. The highest BCUT2D eigenvalue weighted by Gasteiger charge is 2.20. The number of carbonyl (C=O) groups is 2. The highest BCUT2D eigenvalue weighted by Crippen LogP contribution is 2.20. The van der Waals surface area contributed by atoms with E-state index in [1.807, 2.05) is 17.0 Å². The van der Waals surface area contributed by atoms with E-state index < -0.39 is 11.7 Å². The van der Waals surface area contributed by atoms with Gasteiger partial charge in [-0.1, -0.05) is 15.9 Å². The third kappa shape index (κ3) is 5.05. The Morgan fingerprint density at radius 2 is 1.74 bits per heavy atom. The van der Waals surface area contributed by atoms with Crippen molar-refractivity contribution in [3.05, 3.63) is 58.3 Å². The largest absolute Gasteiger partial charge is 0.369 e. The van der Waals surface area contributed by atoms with Crippen LogP contribution in [0.15, 0.2) is 46.9 Å². The standard InChI is InChI=1S/C19H20BrFN4O2/c20-14-3-6-17(16(21)11-14)23-18(26)12-24-7-9-25(10-8-24)15-4-1-13(2-5-15)19(22)27/h1-6,11H,7-10,12H2,(H2,22,27)(H,23,26). The zero-order chi connectivity index (χ0) is 19.4. The van der Waals surface area contributed by atoms with Gasteiger partial charge in [0.15, 0.2) is 0 Å². The van der Waals surface area contributed by atoms with Crippen LogP contribution in [0.2, 0.25) is 0 Å². The van der Waals surface area contributed by atoms with Crippen LogP contribution in [-0.4, -0.2) is 49.4 Å². The van der Waals surface area contributed by atoms with E-state index in [2.05, 4.69) is 26.1 Å². The van der Waals surface area contributed by atoms with Gasteiger partial charge in [-0.05, 0) is 42.5 Å². The molecule has 0 atom stereocenters. The van der Waals surface area contributed by atoms with Crippen LogP contribution in [0, 0.1) is 5.82 Å². The fourth-order valence-electron chi connectivity index (χ4n) is 2.98. The lowest BCUT2D eigenvalue weighted by atomic mass is 10.1. The van der Waals surface area contributed by atoms with Crippen molar-refractivity contribution in [2.24, 2.45) is 5.73 Å². The lowest BCUT2D eigenvalue weighted by Gasteiger charge is -2.35. The maximum absolute atomic E-state index is 13.8. The molecule has 142 valence electrons. The molecular weight excluding hydrogens is 415 g/mol. The molecule has 0 saturated carbocycles. The molecule has 27 heavy (non-hydrogen) atoms. The van der Waals surface area contributed by atoms with Gasteiger partial charge >= 0.3 is 0 Å². The van der Waals surface area contributed by atoms with Crippen LogP contribution in [0.1, 0.15) is 10.4 Å². The molecule has 6 nitrogen and oxygen atoms in total. The highest BCUT2D eigenvalue weighted by molar-refractivity contribution is 9.10. The Morgan fingerprint density at radius 1 is 1.07 bits per heavy atom.